The molecule has 0 radical (unpaired) electrons. The number of nitrogens with two attached hydrogens (primary N) is 1. The van der Waals surface area contributed by atoms with Crippen molar-refractivity contribution < 1.29 is 4.74 Å². The largest absolute Gasteiger partial charge is 0.378 e. The molecule has 142 valence electrons. The van der Waals surface area contributed by atoms with Crippen LogP contribution in [-0.4, -0.2) is 33.9 Å². The number of hydrogen-bond donors (Lipinski definition) is 2. The third kappa shape index (κ3) is 4.28. The van der Waals surface area contributed by atoms with Crippen molar-refractivity contribution in [3.05, 3.63) is 48.2 Å². The lowest BCUT2D eigenvalue weighted by Gasteiger charge is -2.11. The van der Waals surface area contributed by atoms with Crippen molar-refractivity contribution in [1.82, 2.24) is 14.6 Å². The SMILES string of the molecule is NCc1ccc(-c2cnc3ccc(NCCCOC4CCCC4)nn23)cc1. The Labute approximate surface area is 159 Å². The lowest BCUT2D eigenvalue weighted by molar-refractivity contribution is 0.0583. The molecule has 4 rings (SSSR count). The molecule has 0 saturated heterocycles. The minimum Gasteiger partial charge on any atom is -0.378 e. The Bertz CT molecular complexity index is 868. The number of rotatable bonds is 8. The van der Waals surface area contributed by atoms with E-state index in [4.69, 9.17) is 15.6 Å². The van der Waals surface area contributed by atoms with Gasteiger partial charge in [0.15, 0.2) is 5.65 Å². The number of anilines is 1. The Morgan fingerprint density at radius 2 is 1.93 bits per heavy atom. The molecule has 0 aliphatic heterocycles. The Hall–Kier alpha value is -2.44. The van der Waals surface area contributed by atoms with E-state index in [1.807, 2.05) is 35.0 Å². The summed E-state index contributed by atoms with van der Waals surface area (Å²) < 4.78 is 7.79. The summed E-state index contributed by atoms with van der Waals surface area (Å²) in [5.74, 6) is 0.848. The van der Waals surface area contributed by atoms with Gasteiger partial charge in [-0.1, -0.05) is 37.1 Å². The first kappa shape index (κ1) is 17.9. The fraction of sp³-hybridized carbons (Fsp3) is 0.429. The summed E-state index contributed by atoms with van der Waals surface area (Å²) in [6.45, 7) is 2.20. The van der Waals surface area contributed by atoms with Gasteiger partial charge >= 0.3 is 0 Å². The maximum Gasteiger partial charge on any atom is 0.154 e. The van der Waals surface area contributed by atoms with Gasteiger partial charge in [0.2, 0.25) is 0 Å². The molecule has 3 N–H and O–H groups in total. The van der Waals surface area contributed by atoms with Crippen molar-refractivity contribution in [2.75, 3.05) is 18.5 Å². The Morgan fingerprint density at radius 3 is 2.70 bits per heavy atom. The van der Waals surface area contributed by atoms with Crippen LogP contribution in [0.3, 0.4) is 0 Å². The smallest absolute Gasteiger partial charge is 0.154 e. The molecular formula is C21H27N5O. The summed E-state index contributed by atoms with van der Waals surface area (Å²) in [6.07, 6.45) is 8.40. The van der Waals surface area contributed by atoms with Crippen LogP contribution in [0.25, 0.3) is 16.9 Å². The van der Waals surface area contributed by atoms with Crippen molar-refractivity contribution in [2.45, 2.75) is 44.8 Å². The molecule has 0 amide bonds. The predicted octanol–water partition coefficient (Wildman–Crippen LogP) is 3.62. The second-order valence-electron chi connectivity index (χ2n) is 7.09. The number of imidazole rings is 1. The van der Waals surface area contributed by atoms with E-state index in [2.05, 4.69) is 22.4 Å². The molecule has 1 aliphatic carbocycles. The van der Waals surface area contributed by atoms with Crippen LogP contribution < -0.4 is 11.1 Å². The van der Waals surface area contributed by atoms with E-state index in [9.17, 15) is 0 Å². The van der Waals surface area contributed by atoms with Gasteiger partial charge < -0.3 is 15.8 Å². The number of ether oxygens (including phenoxy) is 1. The van der Waals surface area contributed by atoms with Gasteiger partial charge in [-0.3, -0.25) is 0 Å². The molecule has 27 heavy (non-hydrogen) atoms. The van der Waals surface area contributed by atoms with Gasteiger partial charge in [0.25, 0.3) is 0 Å². The Morgan fingerprint density at radius 1 is 1.11 bits per heavy atom. The predicted molar refractivity (Wildman–Crippen MR) is 108 cm³/mol. The van der Waals surface area contributed by atoms with Crippen molar-refractivity contribution in [3.8, 4) is 11.3 Å². The first-order valence-corrected chi connectivity index (χ1v) is 9.83. The van der Waals surface area contributed by atoms with E-state index < -0.39 is 0 Å². The van der Waals surface area contributed by atoms with E-state index in [1.54, 1.807) is 0 Å². The Balaban J connectivity index is 1.38. The van der Waals surface area contributed by atoms with Gasteiger partial charge in [-0.05, 0) is 37.0 Å². The minimum atomic E-state index is 0.485. The van der Waals surface area contributed by atoms with Crippen LogP contribution in [0.5, 0.6) is 0 Å². The highest BCUT2D eigenvalue weighted by Crippen LogP contribution is 2.22. The summed E-state index contributed by atoms with van der Waals surface area (Å²) in [5, 5.41) is 8.10. The van der Waals surface area contributed by atoms with E-state index >= 15 is 0 Å². The Kier molecular flexibility index (Phi) is 5.65. The second-order valence-corrected chi connectivity index (χ2v) is 7.09. The summed E-state index contributed by atoms with van der Waals surface area (Å²) >= 11 is 0. The lowest BCUT2D eigenvalue weighted by atomic mass is 10.1. The van der Waals surface area contributed by atoms with Gasteiger partial charge in [-0.2, -0.15) is 0 Å². The van der Waals surface area contributed by atoms with E-state index in [0.717, 1.165) is 47.9 Å². The maximum atomic E-state index is 5.91. The van der Waals surface area contributed by atoms with Gasteiger partial charge in [0.05, 0.1) is 18.0 Å². The quantitative estimate of drug-likeness (QED) is 0.596. The standard InChI is InChI=1S/C21H27N5O/c22-14-16-6-8-17(9-7-16)19-15-24-21-11-10-20(25-26(19)21)23-12-3-13-27-18-4-1-2-5-18/h6-11,15,18H,1-5,12-14,22H2,(H,23,25). The van der Waals surface area contributed by atoms with Crippen LogP contribution in [0.1, 0.15) is 37.7 Å². The highest BCUT2D eigenvalue weighted by molar-refractivity contribution is 5.63. The van der Waals surface area contributed by atoms with Crippen LogP contribution >= 0.6 is 0 Å². The van der Waals surface area contributed by atoms with E-state index in [0.29, 0.717) is 12.6 Å². The molecule has 3 aromatic rings. The van der Waals surface area contributed by atoms with Gasteiger partial charge in [0, 0.05) is 25.3 Å². The molecule has 2 heterocycles. The van der Waals surface area contributed by atoms with Crippen molar-refractivity contribution >= 4 is 11.5 Å². The topological polar surface area (TPSA) is 77.5 Å². The zero-order valence-electron chi connectivity index (χ0n) is 15.6. The maximum absolute atomic E-state index is 5.91. The fourth-order valence-electron chi connectivity index (χ4n) is 3.57. The first-order valence-electron chi connectivity index (χ1n) is 9.83. The minimum absolute atomic E-state index is 0.485. The van der Waals surface area contributed by atoms with Crippen LogP contribution in [0.2, 0.25) is 0 Å². The molecule has 1 saturated carbocycles. The average molecular weight is 365 g/mol. The third-order valence-corrected chi connectivity index (χ3v) is 5.13. The van der Waals surface area contributed by atoms with Gasteiger partial charge in [0.1, 0.15) is 5.82 Å². The third-order valence-electron chi connectivity index (χ3n) is 5.13. The van der Waals surface area contributed by atoms with Crippen molar-refractivity contribution in [3.63, 3.8) is 0 Å². The highest BCUT2D eigenvalue weighted by Gasteiger charge is 2.14. The summed E-state index contributed by atoms with van der Waals surface area (Å²) in [7, 11) is 0. The zero-order chi connectivity index (χ0) is 18.5. The molecule has 0 unspecified atom stereocenters. The molecule has 0 atom stereocenters. The van der Waals surface area contributed by atoms with Crippen LogP contribution in [-0.2, 0) is 11.3 Å². The van der Waals surface area contributed by atoms with Gasteiger partial charge in [-0.15, -0.1) is 5.10 Å². The van der Waals surface area contributed by atoms with Crippen LogP contribution in [0.15, 0.2) is 42.6 Å². The zero-order valence-corrected chi connectivity index (χ0v) is 15.6. The van der Waals surface area contributed by atoms with Crippen molar-refractivity contribution in [1.29, 1.82) is 0 Å². The summed E-state index contributed by atoms with van der Waals surface area (Å²) in [4.78, 5) is 4.46. The molecule has 6 nitrogen and oxygen atoms in total. The molecular weight excluding hydrogens is 338 g/mol. The molecule has 0 spiro atoms. The van der Waals surface area contributed by atoms with Crippen LogP contribution in [0, 0.1) is 0 Å². The number of benzene rings is 1. The number of hydrogen-bond acceptors (Lipinski definition) is 5. The monoisotopic (exact) mass is 365 g/mol. The first-order chi connectivity index (χ1) is 13.3. The van der Waals surface area contributed by atoms with E-state index in [-0.39, 0.29) is 0 Å². The van der Waals surface area contributed by atoms with Gasteiger partial charge in [-0.25, -0.2) is 9.50 Å². The van der Waals surface area contributed by atoms with E-state index in [1.165, 1.54) is 25.7 Å². The lowest BCUT2D eigenvalue weighted by Crippen LogP contribution is -2.12. The fourth-order valence-corrected chi connectivity index (χ4v) is 3.57. The van der Waals surface area contributed by atoms with Crippen molar-refractivity contribution in [2.24, 2.45) is 5.73 Å². The second kappa shape index (κ2) is 8.50. The number of nitrogens with one attached hydrogen (secondary N) is 1. The molecule has 0 bridgehead atoms. The van der Waals surface area contributed by atoms with Crippen LogP contribution in [0.4, 0.5) is 5.82 Å². The molecule has 1 fully saturated rings. The number of nitrogens with zero attached hydrogens (tertiary/aromatic N) is 3. The summed E-state index contributed by atoms with van der Waals surface area (Å²) in [5.41, 5.74) is 9.69. The average Bonchev–Trinajstić information content (AvgIpc) is 3.37. The summed E-state index contributed by atoms with van der Waals surface area (Å²) in [6, 6.07) is 12.2. The molecule has 2 aromatic heterocycles. The molecule has 6 heteroatoms. The number of fused-ring (bicyclic) bond motifs is 1. The number of aromatic nitrogens is 3. The highest BCUT2D eigenvalue weighted by atomic mass is 16.5. The molecule has 1 aliphatic rings. The molecule has 1 aromatic carbocycles. The normalized spacial score (nSPS) is 14.9.